The molecule has 0 unspecified atom stereocenters. The fraction of sp³-hybridized carbons (Fsp3) is 0.133. The van der Waals surface area contributed by atoms with Crippen LogP contribution in [0.3, 0.4) is 0 Å². The Hall–Kier alpha value is -1.67. The normalized spacial score (nSPS) is 10.5. The minimum atomic E-state index is -0.186. The first-order valence-electron chi connectivity index (χ1n) is 5.67. The molecule has 0 fully saturated rings. The van der Waals surface area contributed by atoms with Gasteiger partial charge in [0.1, 0.15) is 5.82 Å². The van der Waals surface area contributed by atoms with Gasteiger partial charge < -0.3 is 5.73 Å². The van der Waals surface area contributed by atoms with Crippen LogP contribution in [-0.2, 0) is 6.42 Å². The highest BCUT2D eigenvalue weighted by Gasteiger charge is 2.03. The van der Waals surface area contributed by atoms with Gasteiger partial charge in [0.05, 0.1) is 0 Å². The molecule has 0 saturated heterocycles. The molecular formula is C15H15FN. The van der Waals surface area contributed by atoms with Crippen molar-refractivity contribution in [3.05, 3.63) is 66.3 Å². The SMILES string of the molecule is NC[CH]Cc1ccc(-c2ccccc2F)cc1. The van der Waals surface area contributed by atoms with Crippen LogP contribution in [-0.4, -0.2) is 6.54 Å². The summed E-state index contributed by atoms with van der Waals surface area (Å²) in [6.07, 6.45) is 2.87. The highest BCUT2D eigenvalue weighted by molar-refractivity contribution is 5.64. The molecule has 0 aliphatic carbocycles. The van der Waals surface area contributed by atoms with Crippen molar-refractivity contribution in [1.29, 1.82) is 0 Å². The maximum absolute atomic E-state index is 13.6. The number of hydrogen-bond acceptors (Lipinski definition) is 1. The number of halogens is 1. The van der Waals surface area contributed by atoms with Crippen LogP contribution in [0.5, 0.6) is 0 Å². The molecule has 0 bridgehead atoms. The molecule has 2 rings (SSSR count). The van der Waals surface area contributed by atoms with E-state index < -0.39 is 0 Å². The molecule has 2 N–H and O–H groups in total. The quantitative estimate of drug-likeness (QED) is 0.854. The molecule has 17 heavy (non-hydrogen) atoms. The van der Waals surface area contributed by atoms with Crippen LogP contribution >= 0.6 is 0 Å². The monoisotopic (exact) mass is 228 g/mol. The Bertz CT molecular complexity index is 477. The van der Waals surface area contributed by atoms with E-state index in [4.69, 9.17) is 5.73 Å². The zero-order valence-electron chi connectivity index (χ0n) is 9.57. The van der Waals surface area contributed by atoms with E-state index in [1.165, 1.54) is 11.6 Å². The largest absolute Gasteiger partial charge is 0.330 e. The molecule has 0 spiro atoms. The molecule has 0 heterocycles. The second-order valence-corrected chi connectivity index (χ2v) is 3.91. The van der Waals surface area contributed by atoms with E-state index in [-0.39, 0.29) is 5.82 Å². The van der Waals surface area contributed by atoms with Crippen molar-refractivity contribution in [3.8, 4) is 11.1 Å². The molecular weight excluding hydrogens is 213 g/mol. The predicted octanol–water partition coefficient (Wildman–Crippen LogP) is 3.20. The maximum Gasteiger partial charge on any atom is 0.131 e. The average molecular weight is 228 g/mol. The Balaban J connectivity index is 2.21. The smallest absolute Gasteiger partial charge is 0.131 e. The first kappa shape index (κ1) is 11.8. The van der Waals surface area contributed by atoms with Crippen molar-refractivity contribution in [1.82, 2.24) is 0 Å². The molecule has 0 saturated carbocycles. The summed E-state index contributed by atoms with van der Waals surface area (Å²) >= 11 is 0. The molecule has 1 radical (unpaired) electrons. The van der Waals surface area contributed by atoms with Crippen molar-refractivity contribution < 1.29 is 4.39 Å². The van der Waals surface area contributed by atoms with E-state index >= 15 is 0 Å². The van der Waals surface area contributed by atoms with E-state index in [9.17, 15) is 4.39 Å². The first-order chi connectivity index (χ1) is 8.31. The second-order valence-electron chi connectivity index (χ2n) is 3.91. The lowest BCUT2D eigenvalue weighted by molar-refractivity contribution is 0.631. The Morgan fingerprint density at radius 3 is 2.35 bits per heavy atom. The van der Waals surface area contributed by atoms with Gasteiger partial charge in [-0.25, -0.2) is 4.39 Å². The van der Waals surface area contributed by atoms with Gasteiger partial charge in [0.15, 0.2) is 0 Å². The summed E-state index contributed by atoms with van der Waals surface area (Å²) in [6, 6.07) is 14.7. The lowest BCUT2D eigenvalue weighted by atomic mass is 10.0. The highest BCUT2D eigenvalue weighted by Crippen LogP contribution is 2.22. The van der Waals surface area contributed by atoms with E-state index in [0.717, 1.165) is 12.0 Å². The lowest BCUT2D eigenvalue weighted by Crippen LogP contribution is -2.01. The van der Waals surface area contributed by atoms with Crippen LogP contribution in [0.1, 0.15) is 5.56 Å². The molecule has 2 heteroatoms. The zero-order valence-corrected chi connectivity index (χ0v) is 9.57. The summed E-state index contributed by atoms with van der Waals surface area (Å²) in [6.45, 7) is 0.578. The fourth-order valence-electron chi connectivity index (χ4n) is 1.77. The standard InChI is InChI=1S/C15H15FN/c16-15-6-2-1-5-14(15)13-9-7-12(8-10-13)4-3-11-17/h1-3,5-10H,4,11,17H2. The summed E-state index contributed by atoms with van der Waals surface area (Å²) in [5.41, 5.74) is 8.15. The fourth-order valence-corrected chi connectivity index (χ4v) is 1.77. The van der Waals surface area contributed by atoms with Crippen LogP contribution in [0.15, 0.2) is 48.5 Å². The third-order valence-corrected chi connectivity index (χ3v) is 2.69. The van der Waals surface area contributed by atoms with E-state index in [1.54, 1.807) is 12.1 Å². The highest BCUT2D eigenvalue weighted by atomic mass is 19.1. The Morgan fingerprint density at radius 2 is 1.71 bits per heavy atom. The van der Waals surface area contributed by atoms with Crippen LogP contribution < -0.4 is 5.73 Å². The first-order valence-corrected chi connectivity index (χ1v) is 5.67. The molecule has 0 amide bonds. The molecule has 2 aromatic carbocycles. The van der Waals surface area contributed by atoms with Gasteiger partial charge in [-0.1, -0.05) is 42.5 Å². The molecule has 0 aromatic heterocycles. The third-order valence-electron chi connectivity index (χ3n) is 2.69. The van der Waals surface area contributed by atoms with Crippen molar-refractivity contribution in [2.24, 2.45) is 5.73 Å². The van der Waals surface area contributed by atoms with Gasteiger partial charge in [-0.05, 0) is 36.6 Å². The minimum absolute atomic E-state index is 0.186. The van der Waals surface area contributed by atoms with Crippen LogP contribution in [0.2, 0.25) is 0 Å². The van der Waals surface area contributed by atoms with Gasteiger partial charge in [0.25, 0.3) is 0 Å². The Labute approximate surface area is 101 Å². The third kappa shape index (κ3) is 2.92. The Kier molecular flexibility index (Phi) is 3.89. The number of rotatable bonds is 4. The number of nitrogens with two attached hydrogens (primary N) is 1. The van der Waals surface area contributed by atoms with Crippen LogP contribution in [0, 0.1) is 12.2 Å². The average Bonchev–Trinajstić information content (AvgIpc) is 2.38. The molecule has 0 aliphatic heterocycles. The van der Waals surface area contributed by atoms with Gasteiger partial charge in [0.2, 0.25) is 0 Å². The predicted molar refractivity (Wildman–Crippen MR) is 68.9 cm³/mol. The summed E-state index contributed by atoms with van der Waals surface area (Å²) in [5, 5.41) is 0. The zero-order chi connectivity index (χ0) is 12.1. The Morgan fingerprint density at radius 1 is 1.00 bits per heavy atom. The van der Waals surface area contributed by atoms with Crippen molar-refractivity contribution >= 4 is 0 Å². The van der Waals surface area contributed by atoms with Gasteiger partial charge in [-0.15, -0.1) is 0 Å². The van der Waals surface area contributed by atoms with E-state index in [0.29, 0.717) is 12.1 Å². The minimum Gasteiger partial charge on any atom is -0.330 e. The molecule has 0 atom stereocenters. The van der Waals surface area contributed by atoms with Crippen molar-refractivity contribution in [2.75, 3.05) is 6.54 Å². The molecule has 0 aliphatic rings. The number of benzene rings is 2. The van der Waals surface area contributed by atoms with Gasteiger partial charge in [0, 0.05) is 5.56 Å². The van der Waals surface area contributed by atoms with Crippen molar-refractivity contribution in [3.63, 3.8) is 0 Å². The summed E-state index contributed by atoms with van der Waals surface area (Å²) in [4.78, 5) is 0. The summed E-state index contributed by atoms with van der Waals surface area (Å²) in [7, 11) is 0. The van der Waals surface area contributed by atoms with E-state index in [1.807, 2.05) is 36.8 Å². The molecule has 2 aromatic rings. The number of hydrogen-bond donors (Lipinski definition) is 1. The van der Waals surface area contributed by atoms with Gasteiger partial charge in [-0.2, -0.15) is 0 Å². The maximum atomic E-state index is 13.6. The molecule has 87 valence electrons. The topological polar surface area (TPSA) is 26.0 Å². The van der Waals surface area contributed by atoms with E-state index in [2.05, 4.69) is 0 Å². The van der Waals surface area contributed by atoms with Gasteiger partial charge in [-0.3, -0.25) is 0 Å². The summed E-state index contributed by atoms with van der Waals surface area (Å²) < 4.78 is 13.6. The summed E-state index contributed by atoms with van der Waals surface area (Å²) in [5.74, 6) is -0.186. The second kappa shape index (κ2) is 5.60. The van der Waals surface area contributed by atoms with Crippen LogP contribution in [0.4, 0.5) is 4.39 Å². The molecule has 1 nitrogen and oxygen atoms in total. The van der Waals surface area contributed by atoms with Crippen molar-refractivity contribution in [2.45, 2.75) is 6.42 Å². The van der Waals surface area contributed by atoms with Crippen LogP contribution in [0.25, 0.3) is 11.1 Å². The van der Waals surface area contributed by atoms with Gasteiger partial charge >= 0.3 is 0 Å². The lowest BCUT2D eigenvalue weighted by Gasteiger charge is -2.05.